The average Bonchev–Trinajstić information content (AvgIpc) is 3.20. The van der Waals surface area contributed by atoms with Crippen LogP contribution < -0.4 is 10.9 Å². The molecular weight excluding hydrogens is 428 g/mol. The Balaban J connectivity index is 2.09. The second-order valence-corrected chi connectivity index (χ2v) is 8.61. The molecule has 0 bridgehead atoms. The molecule has 0 aliphatic carbocycles. The SMILES string of the molecule is CC(C)(C)OC(=O)NCCn1c(-c2sccc2Cl)c(C#CCO)c2nc[nH]c(=O)c21. The van der Waals surface area contributed by atoms with Crippen LogP contribution in [0.25, 0.3) is 21.6 Å². The second-order valence-electron chi connectivity index (χ2n) is 7.29. The van der Waals surface area contributed by atoms with Crippen molar-refractivity contribution in [1.82, 2.24) is 19.9 Å². The highest BCUT2D eigenvalue weighted by atomic mass is 35.5. The van der Waals surface area contributed by atoms with E-state index in [-0.39, 0.29) is 25.3 Å². The lowest BCUT2D eigenvalue weighted by molar-refractivity contribution is 0.0526. The highest BCUT2D eigenvalue weighted by molar-refractivity contribution is 7.14. The molecule has 158 valence electrons. The van der Waals surface area contributed by atoms with Crippen molar-refractivity contribution in [3.05, 3.63) is 38.7 Å². The first kappa shape index (κ1) is 21.9. The van der Waals surface area contributed by atoms with Crippen molar-refractivity contribution in [1.29, 1.82) is 0 Å². The molecule has 0 aromatic carbocycles. The zero-order valence-corrected chi connectivity index (χ0v) is 18.3. The number of aliphatic hydroxyl groups excluding tert-OH is 1. The van der Waals surface area contributed by atoms with Crippen molar-refractivity contribution >= 4 is 40.1 Å². The number of fused-ring (bicyclic) bond motifs is 1. The van der Waals surface area contributed by atoms with E-state index in [2.05, 4.69) is 27.1 Å². The van der Waals surface area contributed by atoms with Crippen LogP contribution in [0.15, 0.2) is 22.6 Å². The van der Waals surface area contributed by atoms with Crippen molar-refractivity contribution in [3.63, 3.8) is 0 Å². The molecule has 3 aromatic heterocycles. The Bertz CT molecular complexity index is 1190. The Morgan fingerprint density at radius 1 is 1.47 bits per heavy atom. The first-order chi connectivity index (χ1) is 14.2. The number of aromatic nitrogens is 3. The van der Waals surface area contributed by atoms with E-state index in [1.807, 2.05) is 5.38 Å². The van der Waals surface area contributed by atoms with E-state index in [0.29, 0.717) is 32.2 Å². The molecule has 0 radical (unpaired) electrons. The zero-order valence-electron chi connectivity index (χ0n) is 16.7. The molecule has 30 heavy (non-hydrogen) atoms. The van der Waals surface area contributed by atoms with Gasteiger partial charge in [-0.3, -0.25) is 4.79 Å². The molecule has 0 fully saturated rings. The van der Waals surface area contributed by atoms with Gasteiger partial charge in [0.25, 0.3) is 5.56 Å². The summed E-state index contributed by atoms with van der Waals surface area (Å²) >= 11 is 7.78. The minimum absolute atomic E-state index is 0.204. The fraction of sp³-hybridized carbons (Fsp3) is 0.350. The molecule has 3 heterocycles. The van der Waals surface area contributed by atoms with E-state index in [9.17, 15) is 14.7 Å². The van der Waals surface area contributed by atoms with Gasteiger partial charge in [0.1, 0.15) is 23.2 Å². The van der Waals surface area contributed by atoms with Crippen LogP contribution >= 0.6 is 22.9 Å². The monoisotopic (exact) mass is 448 g/mol. The van der Waals surface area contributed by atoms with Crippen molar-refractivity contribution in [2.45, 2.75) is 32.9 Å². The maximum absolute atomic E-state index is 12.6. The first-order valence-electron chi connectivity index (χ1n) is 9.12. The molecular formula is C20H21ClN4O4S. The number of thiophene rings is 1. The summed E-state index contributed by atoms with van der Waals surface area (Å²) in [5, 5.41) is 14.2. The Labute approximate surface area is 181 Å². The molecule has 10 heteroatoms. The van der Waals surface area contributed by atoms with E-state index in [1.54, 1.807) is 31.4 Å². The van der Waals surface area contributed by atoms with E-state index < -0.39 is 11.7 Å². The summed E-state index contributed by atoms with van der Waals surface area (Å²) in [5.41, 5.74) is 0.853. The van der Waals surface area contributed by atoms with Crippen LogP contribution in [0.5, 0.6) is 0 Å². The fourth-order valence-electron chi connectivity index (χ4n) is 2.94. The fourth-order valence-corrected chi connectivity index (χ4v) is 4.14. The number of aromatic amines is 1. The van der Waals surface area contributed by atoms with Crippen molar-refractivity contribution in [2.75, 3.05) is 13.2 Å². The van der Waals surface area contributed by atoms with Crippen LogP contribution in [-0.4, -0.2) is 44.5 Å². The van der Waals surface area contributed by atoms with E-state index in [1.165, 1.54) is 17.7 Å². The third-order valence-corrected chi connectivity index (χ3v) is 5.32. The lowest BCUT2D eigenvalue weighted by Gasteiger charge is -2.20. The Morgan fingerprint density at radius 3 is 2.87 bits per heavy atom. The number of nitrogens with one attached hydrogen (secondary N) is 2. The van der Waals surface area contributed by atoms with Crippen LogP contribution in [0.1, 0.15) is 26.3 Å². The van der Waals surface area contributed by atoms with Gasteiger partial charge in [-0.15, -0.1) is 11.3 Å². The Hall–Kier alpha value is -2.80. The third kappa shape index (κ3) is 4.67. The van der Waals surface area contributed by atoms with E-state index >= 15 is 0 Å². The maximum Gasteiger partial charge on any atom is 0.407 e. The summed E-state index contributed by atoms with van der Waals surface area (Å²) in [7, 11) is 0. The number of halogens is 1. The number of H-pyrrole nitrogens is 1. The van der Waals surface area contributed by atoms with Gasteiger partial charge in [0.05, 0.1) is 27.5 Å². The van der Waals surface area contributed by atoms with Gasteiger partial charge in [-0.05, 0) is 32.2 Å². The number of rotatable bonds is 4. The van der Waals surface area contributed by atoms with Gasteiger partial charge in [0.2, 0.25) is 0 Å². The molecule has 0 atom stereocenters. The van der Waals surface area contributed by atoms with Crippen LogP contribution in [0.3, 0.4) is 0 Å². The minimum Gasteiger partial charge on any atom is -0.444 e. The minimum atomic E-state index is -0.617. The number of carbonyl (C=O) groups is 1. The molecule has 0 saturated heterocycles. The first-order valence-corrected chi connectivity index (χ1v) is 10.4. The van der Waals surface area contributed by atoms with Crippen LogP contribution in [0, 0.1) is 11.8 Å². The predicted octanol–water partition coefficient (Wildman–Crippen LogP) is 2.98. The number of aliphatic hydroxyl groups is 1. The predicted molar refractivity (Wildman–Crippen MR) is 117 cm³/mol. The zero-order chi connectivity index (χ0) is 21.9. The molecule has 3 N–H and O–H groups in total. The molecule has 8 nitrogen and oxygen atoms in total. The summed E-state index contributed by atoms with van der Waals surface area (Å²) in [6, 6.07) is 1.75. The lowest BCUT2D eigenvalue weighted by atomic mass is 10.2. The van der Waals surface area contributed by atoms with E-state index in [4.69, 9.17) is 16.3 Å². The van der Waals surface area contributed by atoms with Crippen LogP contribution in [-0.2, 0) is 11.3 Å². The average molecular weight is 449 g/mol. The van der Waals surface area contributed by atoms with Gasteiger partial charge in [-0.1, -0.05) is 23.4 Å². The van der Waals surface area contributed by atoms with Crippen molar-refractivity contribution in [2.24, 2.45) is 0 Å². The van der Waals surface area contributed by atoms with Gasteiger partial charge >= 0.3 is 6.09 Å². The number of carbonyl (C=O) groups excluding carboxylic acids is 1. The van der Waals surface area contributed by atoms with Gasteiger partial charge in [-0.25, -0.2) is 9.78 Å². The highest BCUT2D eigenvalue weighted by Gasteiger charge is 2.23. The lowest BCUT2D eigenvalue weighted by Crippen LogP contribution is -2.34. The van der Waals surface area contributed by atoms with E-state index in [0.717, 1.165) is 0 Å². The van der Waals surface area contributed by atoms with Gasteiger partial charge in [0.15, 0.2) is 0 Å². The second kappa shape index (κ2) is 8.92. The molecule has 3 rings (SSSR count). The van der Waals surface area contributed by atoms with Crippen LogP contribution in [0.4, 0.5) is 4.79 Å². The number of hydrogen-bond donors (Lipinski definition) is 3. The molecule has 0 aliphatic heterocycles. The normalized spacial score (nSPS) is 11.2. The van der Waals surface area contributed by atoms with Gasteiger partial charge < -0.3 is 24.7 Å². The smallest absolute Gasteiger partial charge is 0.407 e. The largest absolute Gasteiger partial charge is 0.444 e. The summed E-state index contributed by atoms with van der Waals surface area (Å²) < 4.78 is 6.99. The number of alkyl carbamates (subject to hydrolysis) is 1. The molecule has 0 spiro atoms. The maximum atomic E-state index is 12.6. The number of amides is 1. The quantitative estimate of drug-likeness (QED) is 0.531. The summed E-state index contributed by atoms with van der Waals surface area (Å²) in [5.74, 6) is 5.52. The van der Waals surface area contributed by atoms with Crippen LogP contribution in [0.2, 0.25) is 5.02 Å². The van der Waals surface area contributed by atoms with Gasteiger partial charge in [-0.2, -0.15) is 0 Å². The number of hydrogen-bond acceptors (Lipinski definition) is 6. The summed E-state index contributed by atoms with van der Waals surface area (Å²) in [6.45, 7) is 5.46. The highest BCUT2D eigenvalue weighted by Crippen LogP contribution is 2.38. The molecule has 1 amide bonds. The third-order valence-electron chi connectivity index (χ3n) is 3.97. The van der Waals surface area contributed by atoms with Gasteiger partial charge in [0, 0.05) is 13.1 Å². The molecule has 0 aliphatic rings. The number of nitrogens with zero attached hydrogens (tertiary/aromatic N) is 2. The number of ether oxygens (including phenoxy) is 1. The summed E-state index contributed by atoms with van der Waals surface area (Å²) in [6.07, 6.45) is 0.750. The molecule has 0 unspecified atom stereocenters. The topological polar surface area (TPSA) is 109 Å². The molecule has 3 aromatic rings. The Morgan fingerprint density at radius 2 is 2.23 bits per heavy atom. The van der Waals surface area contributed by atoms with Crippen molar-refractivity contribution in [3.8, 4) is 22.4 Å². The Kier molecular flexibility index (Phi) is 6.51. The molecule has 0 saturated carbocycles. The van der Waals surface area contributed by atoms with Crippen molar-refractivity contribution < 1.29 is 14.6 Å². The summed E-state index contributed by atoms with van der Waals surface area (Å²) in [4.78, 5) is 32.2. The standard InChI is InChI=1S/C20H21ClN4O4S/c1-20(2,3)29-19(28)22-7-8-25-15(17-13(21)6-10-30-17)12(5-4-9-26)14-16(25)18(27)24-11-23-14/h6,10-11,26H,7-9H2,1-3H3,(H,22,28)(H,23,24,27).